The van der Waals surface area contributed by atoms with Gasteiger partial charge in [0.25, 0.3) is 0 Å². The molecule has 90 valence electrons. The summed E-state index contributed by atoms with van der Waals surface area (Å²) < 4.78 is 5.41. The highest BCUT2D eigenvalue weighted by Crippen LogP contribution is 2.10. The molecule has 4 heteroatoms. The van der Waals surface area contributed by atoms with E-state index in [1.165, 1.54) is 0 Å². The van der Waals surface area contributed by atoms with Crippen molar-refractivity contribution in [3.63, 3.8) is 0 Å². The molecule has 0 radical (unpaired) electrons. The average Bonchev–Trinajstić information content (AvgIpc) is 2.39. The van der Waals surface area contributed by atoms with E-state index < -0.39 is 0 Å². The van der Waals surface area contributed by atoms with Gasteiger partial charge in [0.15, 0.2) is 5.96 Å². The normalized spacial score (nSPS) is 19.8. The Morgan fingerprint density at radius 1 is 1.41 bits per heavy atom. The Hall–Kier alpha value is -1.97. The summed E-state index contributed by atoms with van der Waals surface area (Å²) in [5.74, 6) is 0.425. The van der Waals surface area contributed by atoms with Gasteiger partial charge in [-0.2, -0.15) is 0 Å². The molecule has 1 aromatic rings. The summed E-state index contributed by atoms with van der Waals surface area (Å²) in [6.45, 7) is 0.593. The van der Waals surface area contributed by atoms with Crippen molar-refractivity contribution >= 4 is 11.6 Å². The van der Waals surface area contributed by atoms with Gasteiger partial charge in [-0.05, 0) is 31.1 Å². The summed E-state index contributed by atoms with van der Waals surface area (Å²) in [6, 6.07) is 9.75. The number of hydrogen-bond donors (Lipinski definition) is 2. The van der Waals surface area contributed by atoms with E-state index in [0.29, 0.717) is 12.5 Å². The van der Waals surface area contributed by atoms with Crippen LogP contribution in [0.4, 0.5) is 5.69 Å². The second-order valence-electron chi connectivity index (χ2n) is 3.92. The first-order valence-electron chi connectivity index (χ1n) is 5.77. The number of rotatable bonds is 3. The minimum absolute atomic E-state index is 0.149. The van der Waals surface area contributed by atoms with Crippen LogP contribution in [0.5, 0.6) is 0 Å². The third-order valence-corrected chi connectivity index (χ3v) is 2.53. The average molecular weight is 231 g/mol. The number of benzene rings is 1. The quantitative estimate of drug-likeness (QED) is 0.618. The molecule has 4 nitrogen and oxygen atoms in total. The molecule has 2 rings (SSSR count). The first kappa shape index (κ1) is 11.5. The Kier molecular flexibility index (Phi) is 4.02. The molecule has 1 heterocycles. The molecule has 1 aliphatic heterocycles. The minimum Gasteiger partial charge on any atom is -0.496 e. The second kappa shape index (κ2) is 5.94. The molecule has 17 heavy (non-hydrogen) atoms. The second-order valence-corrected chi connectivity index (χ2v) is 3.92. The summed E-state index contributed by atoms with van der Waals surface area (Å²) >= 11 is 0. The van der Waals surface area contributed by atoms with Crippen LogP contribution >= 0.6 is 0 Å². The smallest absolute Gasteiger partial charge is 0.193 e. The number of nitrogens with zero attached hydrogens (tertiary/aromatic N) is 1. The lowest BCUT2D eigenvalue weighted by Gasteiger charge is -2.17. The van der Waals surface area contributed by atoms with E-state index in [1.54, 1.807) is 6.26 Å². The fourth-order valence-corrected chi connectivity index (χ4v) is 1.63. The number of nitrogens with one attached hydrogen (secondary N) is 1. The van der Waals surface area contributed by atoms with Gasteiger partial charge in [-0.1, -0.05) is 18.2 Å². The number of guanidine groups is 1. The maximum absolute atomic E-state index is 5.79. The monoisotopic (exact) mass is 231 g/mol. The molecule has 1 aromatic carbocycles. The van der Waals surface area contributed by atoms with Crippen molar-refractivity contribution in [1.29, 1.82) is 0 Å². The number of ether oxygens (including phenoxy) is 1. The highest BCUT2D eigenvalue weighted by Gasteiger charge is 2.09. The molecule has 0 amide bonds. The lowest BCUT2D eigenvalue weighted by atomic mass is 10.2. The van der Waals surface area contributed by atoms with Crippen LogP contribution in [0.1, 0.15) is 12.8 Å². The molecule has 0 saturated carbocycles. The van der Waals surface area contributed by atoms with E-state index >= 15 is 0 Å². The van der Waals surface area contributed by atoms with Gasteiger partial charge in [-0.3, -0.25) is 0 Å². The molecule has 0 aliphatic carbocycles. The van der Waals surface area contributed by atoms with E-state index in [0.717, 1.165) is 18.5 Å². The number of para-hydroxylation sites is 1. The lowest BCUT2D eigenvalue weighted by Crippen LogP contribution is -2.25. The molecule has 0 saturated heterocycles. The van der Waals surface area contributed by atoms with Crippen LogP contribution < -0.4 is 11.1 Å². The molecule has 0 spiro atoms. The van der Waals surface area contributed by atoms with Crippen molar-refractivity contribution in [3.8, 4) is 0 Å². The standard InChI is InChI=1S/C13H17N3O/c14-13(16-11-6-2-1-3-7-11)15-10-12-8-4-5-9-17-12/h1-3,5-7,9,12H,4,8,10H2,(H3,14,15,16). The van der Waals surface area contributed by atoms with E-state index in [-0.39, 0.29) is 6.10 Å². The van der Waals surface area contributed by atoms with E-state index in [2.05, 4.69) is 10.3 Å². The molecule has 0 fully saturated rings. The zero-order valence-corrected chi connectivity index (χ0v) is 9.67. The van der Waals surface area contributed by atoms with E-state index in [1.807, 2.05) is 36.4 Å². The zero-order chi connectivity index (χ0) is 11.9. The molecule has 0 bridgehead atoms. The number of aliphatic imine (C=N–C) groups is 1. The SMILES string of the molecule is NC(=NCC1CCC=CO1)Nc1ccccc1. The van der Waals surface area contributed by atoms with Crippen molar-refractivity contribution in [1.82, 2.24) is 0 Å². The van der Waals surface area contributed by atoms with Crippen LogP contribution in [0.25, 0.3) is 0 Å². The summed E-state index contributed by atoms with van der Waals surface area (Å²) in [7, 11) is 0. The van der Waals surface area contributed by atoms with Crippen LogP contribution in [0.15, 0.2) is 47.7 Å². The summed E-state index contributed by atoms with van der Waals surface area (Å²) in [5, 5.41) is 3.04. The maximum Gasteiger partial charge on any atom is 0.193 e. The molecule has 3 N–H and O–H groups in total. The van der Waals surface area contributed by atoms with Crippen LogP contribution in [-0.2, 0) is 4.74 Å². The Morgan fingerprint density at radius 3 is 2.94 bits per heavy atom. The summed E-state index contributed by atoms with van der Waals surface area (Å²) in [6.07, 6.45) is 5.96. The van der Waals surface area contributed by atoms with Crippen molar-refractivity contribution in [2.45, 2.75) is 18.9 Å². The van der Waals surface area contributed by atoms with Gasteiger partial charge < -0.3 is 15.8 Å². The van der Waals surface area contributed by atoms with Gasteiger partial charge in [0, 0.05) is 5.69 Å². The fraction of sp³-hybridized carbons (Fsp3) is 0.308. The van der Waals surface area contributed by atoms with Crippen molar-refractivity contribution in [3.05, 3.63) is 42.7 Å². The van der Waals surface area contributed by atoms with Gasteiger partial charge in [-0.25, -0.2) is 4.99 Å². The molecular formula is C13H17N3O. The van der Waals surface area contributed by atoms with E-state index in [4.69, 9.17) is 10.5 Å². The van der Waals surface area contributed by atoms with Gasteiger partial charge in [0.1, 0.15) is 6.10 Å². The number of anilines is 1. The molecule has 1 aliphatic rings. The van der Waals surface area contributed by atoms with Crippen molar-refractivity contribution < 1.29 is 4.74 Å². The zero-order valence-electron chi connectivity index (χ0n) is 9.67. The van der Waals surface area contributed by atoms with Gasteiger partial charge in [0.05, 0.1) is 12.8 Å². The number of nitrogens with two attached hydrogens (primary N) is 1. The lowest BCUT2D eigenvalue weighted by molar-refractivity contribution is 0.131. The molecule has 0 aromatic heterocycles. The number of allylic oxidation sites excluding steroid dienone is 1. The minimum atomic E-state index is 0.149. The summed E-state index contributed by atoms with van der Waals surface area (Å²) in [5.41, 5.74) is 6.73. The van der Waals surface area contributed by atoms with Gasteiger partial charge in [0.2, 0.25) is 0 Å². The Morgan fingerprint density at radius 2 is 2.24 bits per heavy atom. The molecule has 1 atom stereocenters. The van der Waals surface area contributed by atoms with Crippen LogP contribution in [0, 0.1) is 0 Å². The largest absolute Gasteiger partial charge is 0.496 e. The van der Waals surface area contributed by atoms with Crippen molar-refractivity contribution in [2.24, 2.45) is 10.7 Å². The predicted octanol–water partition coefficient (Wildman–Crippen LogP) is 2.11. The van der Waals surface area contributed by atoms with Gasteiger partial charge >= 0.3 is 0 Å². The third-order valence-electron chi connectivity index (χ3n) is 2.53. The highest BCUT2D eigenvalue weighted by molar-refractivity contribution is 5.92. The Labute approximate surface area is 101 Å². The fourth-order valence-electron chi connectivity index (χ4n) is 1.63. The van der Waals surface area contributed by atoms with Crippen LogP contribution in [0.3, 0.4) is 0 Å². The van der Waals surface area contributed by atoms with Crippen LogP contribution in [-0.4, -0.2) is 18.6 Å². The number of hydrogen-bond acceptors (Lipinski definition) is 2. The first-order valence-corrected chi connectivity index (χ1v) is 5.77. The summed E-state index contributed by atoms with van der Waals surface area (Å²) in [4.78, 5) is 4.27. The van der Waals surface area contributed by atoms with E-state index in [9.17, 15) is 0 Å². The first-order chi connectivity index (χ1) is 8.34. The Balaban J connectivity index is 1.83. The Bertz CT molecular complexity index is 400. The van der Waals surface area contributed by atoms with Crippen molar-refractivity contribution in [2.75, 3.05) is 11.9 Å². The highest BCUT2D eigenvalue weighted by atomic mass is 16.5. The molecular weight excluding hydrogens is 214 g/mol. The maximum atomic E-state index is 5.79. The topological polar surface area (TPSA) is 59.6 Å². The third kappa shape index (κ3) is 3.83. The van der Waals surface area contributed by atoms with Crippen LogP contribution in [0.2, 0.25) is 0 Å². The predicted molar refractivity (Wildman–Crippen MR) is 69.8 cm³/mol. The van der Waals surface area contributed by atoms with Gasteiger partial charge in [-0.15, -0.1) is 0 Å². The molecule has 1 unspecified atom stereocenters.